The van der Waals surface area contributed by atoms with Gasteiger partial charge < -0.3 is 5.11 Å². The first-order chi connectivity index (χ1) is 12.3. The molecule has 25 heavy (non-hydrogen) atoms. The monoisotopic (exact) mass is 340 g/mol. The van der Waals surface area contributed by atoms with Gasteiger partial charge in [-0.3, -0.25) is 9.88 Å². The Morgan fingerprint density at radius 2 is 1.60 bits per heavy atom. The molecule has 0 spiro atoms. The Morgan fingerprint density at radius 3 is 2.32 bits per heavy atom. The molecule has 2 aromatic rings. The van der Waals surface area contributed by atoms with Crippen molar-refractivity contribution in [3.05, 3.63) is 66.0 Å². The van der Waals surface area contributed by atoms with Crippen molar-refractivity contribution in [3.63, 3.8) is 0 Å². The van der Waals surface area contributed by atoms with Gasteiger partial charge in [0.25, 0.3) is 0 Å². The predicted octanol–water partition coefficient (Wildman–Crippen LogP) is 4.98. The number of nitrogens with zero attached hydrogens (tertiary/aromatic N) is 2. The highest BCUT2D eigenvalue weighted by atomic mass is 16.3. The number of unbranched alkanes of at least 4 members (excludes halogenated alkanes) is 5. The SMILES string of the molecule is CCCCCCCCN(Cc1ccccc1)C[C@@H](O)c1ccncc1. The summed E-state index contributed by atoms with van der Waals surface area (Å²) in [4.78, 5) is 6.41. The maximum Gasteiger partial charge on any atom is 0.0918 e. The van der Waals surface area contributed by atoms with E-state index in [4.69, 9.17) is 0 Å². The van der Waals surface area contributed by atoms with Crippen LogP contribution in [0.2, 0.25) is 0 Å². The molecule has 1 aromatic heterocycles. The average molecular weight is 341 g/mol. The van der Waals surface area contributed by atoms with Gasteiger partial charge in [0.1, 0.15) is 0 Å². The Balaban J connectivity index is 1.87. The lowest BCUT2D eigenvalue weighted by Gasteiger charge is -2.25. The van der Waals surface area contributed by atoms with Gasteiger partial charge in [0.15, 0.2) is 0 Å². The molecule has 136 valence electrons. The van der Waals surface area contributed by atoms with Crippen molar-refractivity contribution in [2.45, 2.75) is 58.1 Å². The van der Waals surface area contributed by atoms with Crippen LogP contribution in [0.3, 0.4) is 0 Å². The minimum atomic E-state index is -0.466. The topological polar surface area (TPSA) is 36.4 Å². The number of aromatic nitrogens is 1. The van der Waals surface area contributed by atoms with Gasteiger partial charge in [0, 0.05) is 25.5 Å². The zero-order valence-electron chi connectivity index (χ0n) is 15.5. The van der Waals surface area contributed by atoms with Gasteiger partial charge in [-0.25, -0.2) is 0 Å². The number of pyridine rings is 1. The lowest BCUT2D eigenvalue weighted by Crippen LogP contribution is -2.29. The van der Waals surface area contributed by atoms with E-state index in [1.165, 1.54) is 44.1 Å². The standard InChI is InChI=1S/C22H32N2O/c1-2-3-4-5-6-10-17-24(18-20-11-8-7-9-12-20)19-22(25)21-13-15-23-16-14-21/h7-9,11-16,22,25H,2-6,10,17-19H2,1H3/t22-/m1/s1. The third kappa shape index (κ3) is 7.80. The van der Waals surface area contributed by atoms with E-state index in [9.17, 15) is 5.11 Å². The molecule has 0 aliphatic carbocycles. The molecular weight excluding hydrogens is 308 g/mol. The van der Waals surface area contributed by atoms with Gasteiger partial charge in [-0.1, -0.05) is 69.4 Å². The molecular formula is C22H32N2O. The second-order valence-corrected chi connectivity index (χ2v) is 6.78. The minimum Gasteiger partial charge on any atom is -0.387 e. The van der Waals surface area contributed by atoms with Crippen LogP contribution in [0, 0.1) is 0 Å². The third-order valence-electron chi connectivity index (χ3n) is 4.60. The molecule has 2 rings (SSSR count). The molecule has 1 N–H and O–H groups in total. The van der Waals surface area contributed by atoms with Crippen molar-refractivity contribution in [1.29, 1.82) is 0 Å². The van der Waals surface area contributed by atoms with Crippen molar-refractivity contribution < 1.29 is 5.11 Å². The molecule has 0 fully saturated rings. The molecule has 0 bridgehead atoms. The molecule has 0 saturated carbocycles. The number of aliphatic hydroxyl groups is 1. The van der Waals surface area contributed by atoms with Gasteiger partial charge in [-0.15, -0.1) is 0 Å². The maximum absolute atomic E-state index is 10.6. The van der Waals surface area contributed by atoms with E-state index in [1.807, 2.05) is 18.2 Å². The molecule has 3 nitrogen and oxygen atoms in total. The van der Waals surface area contributed by atoms with E-state index in [-0.39, 0.29) is 0 Å². The van der Waals surface area contributed by atoms with E-state index < -0.39 is 6.10 Å². The summed E-state index contributed by atoms with van der Waals surface area (Å²) >= 11 is 0. The van der Waals surface area contributed by atoms with E-state index >= 15 is 0 Å². The van der Waals surface area contributed by atoms with E-state index in [0.29, 0.717) is 6.54 Å². The van der Waals surface area contributed by atoms with Crippen LogP contribution in [0.25, 0.3) is 0 Å². The van der Waals surface area contributed by atoms with Crippen molar-refractivity contribution in [2.24, 2.45) is 0 Å². The van der Waals surface area contributed by atoms with Crippen LogP contribution in [-0.2, 0) is 6.54 Å². The summed E-state index contributed by atoms with van der Waals surface area (Å²) in [5, 5.41) is 10.6. The fraction of sp³-hybridized carbons (Fsp3) is 0.500. The summed E-state index contributed by atoms with van der Waals surface area (Å²) in [6.45, 7) is 4.83. The zero-order chi connectivity index (χ0) is 17.7. The summed E-state index contributed by atoms with van der Waals surface area (Å²) in [7, 11) is 0. The quantitative estimate of drug-likeness (QED) is 0.554. The molecule has 3 heteroatoms. The largest absolute Gasteiger partial charge is 0.387 e. The van der Waals surface area contributed by atoms with Gasteiger partial charge >= 0.3 is 0 Å². The predicted molar refractivity (Wildman–Crippen MR) is 104 cm³/mol. The summed E-state index contributed by atoms with van der Waals surface area (Å²) in [5.74, 6) is 0. The Hall–Kier alpha value is -1.71. The second kappa shape index (κ2) is 11.8. The van der Waals surface area contributed by atoms with Crippen LogP contribution >= 0.6 is 0 Å². The normalized spacial score (nSPS) is 12.4. The third-order valence-corrected chi connectivity index (χ3v) is 4.60. The van der Waals surface area contributed by atoms with Crippen LogP contribution in [-0.4, -0.2) is 28.1 Å². The number of rotatable bonds is 12. The Morgan fingerprint density at radius 1 is 0.920 bits per heavy atom. The van der Waals surface area contributed by atoms with E-state index in [2.05, 4.69) is 41.1 Å². The maximum atomic E-state index is 10.6. The molecule has 0 aliphatic rings. The van der Waals surface area contributed by atoms with E-state index in [1.54, 1.807) is 12.4 Å². The number of hydrogen-bond donors (Lipinski definition) is 1. The van der Waals surface area contributed by atoms with Gasteiger partial charge in [-0.2, -0.15) is 0 Å². The molecule has 1 heterocycles. The Bertz CT molecular complexity index is 559. The van der Waals surface area contributed by atoms with E-state index in [0.717, 1.165) is 18.7 Å². The highest BCUT2D eigenvalue weighted by Gasteiger charge is 2.14. The van der Waals surface area contributed by atoms with Crippen LogP contribution < -0.4 is 0 Å². The van der Waals surface area contributed by atoms with Crippen molar-refractivity contribution in [3.8, 4) is 0 Å². The van der Waals surface area contributed by atoms with Gasteiger partial charge in [0.05, 0.1) is 6.10 Å². The lowest BCUT2D eigenvalue weighted by molar-refractivity contribution is 0.107. The molecule has 1 atom stereocenters. The molecule has 1 aromatic carbocycles. The summed E-state index contributed by atoms with van der Waals surface area (Å²) in [6, 6.07) is 14.3. The van der Waals surface area contributed by atoms with Crippen LogP contribution in [0.5, 0.6) is 0 Å². The smallest absolute Gasteiger partial charge is 0.0918 e. The summed E-state index contributed by atoms with van der Waals surface area (Å²) in [6.07, 6.45) is 10.8. The average Bonchev–Trinajstić information content (AvgIpc) is 2.66. The molecule has 0 radical (unpaired) electrons. The Kier molecular flexibility index (Phi) is 9.24. The van der Waals surface area contributed by atoms with Crippen molar-refractivity contribution in [1.82, 2.24) is 9.88 Å². The number of benzene rings is 1. The zero-order valence-corrected chi connectivity index (χ0v) is 15.5. The van der Waals surface area contributed by atoms with Crippen molar-refractivity contribution >= 4 is 0 Å². The fourth-order valence-electron chi connectivity index (χ4n) is 3.13. The highest BCUT2D eigenvalue weighted by Crippen LogP contribution is 2.16. The Labute approximate surface area is 152 Å². The first kappa shape index (κ1) is 19.6. The first-order valence-electron chi connectivity index (χ1n) is 9.64. The molecule has 0 aliphatic heterocycles. The van der Waals surface area contributed by atoms with Crippen molar-refractivity contribution in [2.75, 3.05) is 13.1 Å². The number of aliphatic hydroxyl groups excluding tert-OH is 1. The minimum absolute atomic E-state index is 0.466. The van der Waals surface area contributed by atoms with Gasteiger partial charge in [-0.05, 0) is 36.2 Å². The highest BCUT2D eigenvalue weighted by molar-refractivity contribution is 5.16. The second-order valence-electron chi connectivity index (χ2n) is 6.78. The molecule has 0 amide bonds. The first-order valence-corrected chi connectivity index (χ1v) is 9.64. The molecule has 0 unspecified atom stereocenters. The van der Waals surface area contributed by atoms with Crippen LogP contribution in [0.4, 0.5) is 0 Å². The summed E-state index contributed by atoms with van der Waals surface area (Å²) < 4.78 is 0. The van der Waals surface area contributed by atoms with Gasteiger partial charge in [0.2, 0.25) is 0 Å². The molecule has 0 saturated heterocycles. The van der Waals surface area contributed by atoms with Crippen LogP contribution in [0.15, 0.2) is 54.9 Å². The number of hydrogen-bond acceptors (Lipinski definition) is 3. The summed E-state index contributed by atoms with van der Waals surface area (Å²) in [5.41, 5.74) is 2.24. The lowest BCUT2D eigenvalue weighted by atomic mass is 10.1. The fourth-order valence-corrected chi connectivity index (χ4v) is 3.13. The van der Waals surface area contributed by atoms with Crippen LogP contribution in [0.1, 0.15) is 62.7 Å².